The predicted molar refractivity (Wildman–Crippen MR) is 87.4 cm³/mol. The van der Waals surface area contributed by atoms with E-state index in [2.05, 4.69) is 36.8 Å². The topological polar surface area (TPSA) is 72.2 Å². The summed E-state index contributed by atoms with van der Waals surface area (Å²) in [4.78, 5) is 11.9. The normalized spacial score (nSPS) is 11.1. The SMILES string of the molecule is O=C(Cn1nnc2ccccc21)N/N=C\c1cccc(Br)c1. The average molecular weight is 358 g/mol. The Morgan fingerprint density at radius 3 is 3.00 bits per heavy atom. The van der Waals surface area contributed by atoms with Crippen LogP contribution in [0.25, 0.3) is 11.0 Å². The van der Waals surface area contributed by atoms with Crippen LogP contribution in [0.5, 0.6) is 0 Å². The number of hydrogen-bond acceptors (Lipinski definition) is 4. The van der Waals surface area contributed by atoms with Gasteiger partial charge in [0.05, 0.1) is 11.7 Å². The number of amides is 1. The number of aromatic nitrogens is 3. The third kappa shape index (κ3) is 3.37. The Bertz CT molecular complexity index is 843. The molecule has 0 unspecified atom stereocenters. The van der Waals surface area contributed by atoms with Crippen molar-refractivity contribution in [1.82, 2.24) is 20.4 Å². The van der Waals surface area contributed by atoms with Crippen LogP contribution in [0.3, 0.4) is 0 Å². The van der Waals surface area contributed by atoms with E-state index in [0.717, 1.165) is 21.1 Å². The van der Waals surface area contributed by atoms with Gasteiger partial charge in [-0.25, -0.2) is 10.1 Å². The van der Waals surface area contributed by atoms with Crippen LogP contribution in [-0.4, -0.2) is 27.1 Å². The molecule has 0 aliphatic heterocycles. The second kappa shape index (κ2) is 6.48. The van der Waals surface area contributed by atoms with Gasteiger partial charge in [0.1, 0.15) is 12.1 Å². The first-order valence-electron chi connectivity index (χ1n) is 6.58. The molecule has 0 bridgehead atoms. The summed E-state index contributed by atoms with van der Waals surface area (Å²) in [6.45, 7) is 0.0658. The van der Waals surface area contributed by atoms with Crippen LogP contribution in [0.2, 0.25) is 0 Å². The van der Waals surface area contributed by atoms with Crippen LogP contribution in [-0.2, 0) is 11.3 Å². The van der Waals surface area contributed by atoms with Crippen LogP contribution < -0.4 is 5.43 Å². The number of nitrogens with zero attached hydrogens (tertiary/aromatic N) is 4. The van der Waals surface area contributed by atoms with Gasteiger partial charge in [0.2, 0.25) is 0 Å². The van der Waals surface area contributed by atoms with E-state index in [1.165, 1.54) is 0 Å². The van der Waals surface area contributed by atoms with Crippen LogP contribution in [0.15, 0.2) is 58.1 Å². The third-order valence-electron chi connectivity index (χ3n) is 2.97. The largest absolute Gasteiger partial charge is 0.271 e. The van der Waals surface area contributed by atoms with Gasteiger partial charge in [-0.05, 0) is 29.8 Å². The van der Waals surface area contributed by atoms with Crippen molar-refractivity contribution in [3.63, 3.8) is 0 Å². The van der Waals surface area contributed by atoms with Gasteiger partial charge in [-0.1, -0.05) is 45.4 Å². The molecule has 1 aromatic heterocycles. The van der Waals surface area contributed by atoms with Gasteiger partial charge in [-0.3, -0.25) is 4.79 Å². The first-order valence-corrected chi connectivity index (χ1v) is 7.37. The zero-order valence-electron chi connectivity index (χ0n) is 11.5. The van der Waals surface area contributed by atoms with Crippen LogP contribution in [0, 0.1) is 0 Å². The lowest BCUT2D eigenvalue weighted by Gasteiger charge is -2.01. The Labute approximate surface area is 135 Å². The Morgan fingerprint density at radius 1 is 1.27 bits per heavy atom. The average Bonchev–Trinajstić information content (AvgIpc) is 2.91. The molecule has 0 aliphatic rings. The molecular formula is C15H12BrN5O. The molecule has 0 atom stereocenters. The van der Waals surface area contributed by atoms with E-state index >= 15 is 0 Å². The highest BCUT2D eigenvalue weighted by atomic mass is 79.9. The van der Waals surface area contributed by atoms with Gasteiger partial charge >= 0.3 is 0 Å². The summed E-state index contributed by atoms with van der Waals surface area (Å²) < 4.78 is 2.50. The molecule has 0 saturated carbocycles. The maximum atomic E-state index is 11.9. The zero-order valence-corrected chi connectivity index (χ0v) is 13.1. The second-order valence-corrected chi connectivity index (χ2v) is 5.50. The summed E-state index contributed by atoms with van der Waals surface area (Å²) in [6, 6.07) is 15.1. The van der Waals surface area contributed by atoms with E-state index in [9.17, 15) is 4.79 Å². The second-order valence-electron chi connectivity index (χ2n) is 4.58. The first kappa shape index (κ1) is 14.4. The predicted octanol–water partition coefficient (Wildman–Crippen LogP) is 2.34. The van der Waals surface area contributed by atoms with Gasteiger partial charge in [-0.2, -0.15) is 5.10 Å². The summed E-state index contributed by atoms with van der Waals surface area (Å²) in [5, 5.41) is 11.9. The molecular weight excluding hydrogens is 346 g/mol. The highest BCUT2D eigenvalue weighted by molar-refractivity contribution is 9.10. The van der Waals surface area contributed by atoms with Crippen LogP contribution >= 0.6 is 15.9 Å². The fraction of sp³-hybridized carbons (Fsp3) is 0.0667. The lowest BCUT2D eigenvalue weighted by Crippen LogP contribution is -2.23. The molecule has 2 aromatic carbocycles. The number of carbonyl (C=O) groups excluding carboxylic acids is 1. The zero-order chi connectivity index (χ0) is 15.4. The number of carbonyl (C=O) groups is 1. The molecule has 22 heavy (non-hydrogen) atoms. The van der Waals surface area contributed by atoms with E-state index in [-0.39, 0.29) is 12.5 Å². The number of para-hydroxylation sites is 1. The van der Waals surface area contributed by atoms with E-state index < -0.39 is 0 Å². The minimum Gasteiger partial charge on any atom is -0.271 e. The third-order valence-corrected chi connectivity index (χ3v) is 3.46. The van der Waals surface area contributed by atoms with E-state index in [0.29, 0.717) is 0 Å². The van der Waals surface area contributed by atoms with Crippen molar-refractivity contribution < 1.29 is 4.79 Å². The summed E-state index contributed by atoms with van der Waals surface area (Å²) >= 11 is 3.38. The van der Waals surface area contributed by atoms with Crippen LogP contribution in [0.1, 0.15) is 5.56 Å². The molecule has 3 rings (SSSR count). The minimum atomic E-state index is -0.262. The van der Waals surface area contributed by atoms with Crippen molar-refractivity contribution in [3.05, 3.63) is 58.6 Å². The maximum absolute atomic E-state index is 11.9. The Hall–Kier alpha value is -2.54. The van der Waals surface area contributed by atoms with Gasteiger partial charge in [0, 0.05) is 4.47 Å². The quantitative estimate of drug-likeness (QED) is 0.575. The van der Waals surface area contributed by atoms with Crippen molar-refractivity contribution in [2.24, 2.45) is 5.10 Å². The van der Waals surface area contributed by atoms with Gasteiger partial charge < -0.3 is 0 Å². The van der Waals surface area contributed by atoms with Crippen molar-refractivity contribution in [2.45, 2.75) is 6.54 Å². The van der Waals surface area contributed by atoms with Crippen molar-refractivity contribution >= 4 is 39.1 Å². The summed E-state index contributed by atoms with van der Waals surface area (Å²) in [5.41, 5.74) is 4.94. The van der Waals surface area contributed by atoms with E-state index in [1.807, 2.05) is 48.5 Å². The number of nitrogens with one attached hydrogen (secondary N) is 1. The minimum absolute atomic E-state index is 0.0658. The van der Waals surface area contributed by atoms with Gasteiger partial charge in [-0.15, -0.1) is 5.10 Å². The maximum Gasteiger partial charge on any atom is 0.261 e. The van der Waals surface area contributed by atoms with Crippen molar-refractivity contribution in [3.8, 4) is 0 Å². The Balaban J connectivity index is 1.63. The Kier molecular flexibility index (Phi) is 4.24. The monoisotopic (exact) mass is 357 g/mol. The molecule has 7 heteroatoms. The molecule has 0 radical (unpaired) electrons. The Morgan fingerprint density at radius 2 is 2.14 bits per heavy atom. The molecule has 0 saturated heterocycles. The van der Waals surface area contributed by atoms with Crippen molar-refractivity contribution in [2.75, 3.05) is 0 Å². The summed E-state index contributed by atoms with van der Waals surface area (Å²) in [7, 11) is 0. The molecule has 1 amide bonds. The number of hydrazone groups is 1. The standard InChI is InChI=1S/C15H12BrN5O/c16-12-5-3-4-11(8-12)9-17-19-15(22)10-21-14-7-2-1-6-13(14)18-20-21/h1-9H,10H2,(H,19,22)/b17-9-. The molecule has 3 aromatic rings. The molecule has 0 spiro atoms. The molecule has 110 valence electrons. The lowest BCUT2D eigenvalue weighted by molar-refractivity contribution is -0.121. The molecule has 1 N–H and O–H groups in total. The number of fused-ring (bicyclic) bond motifs is 1. The summed E-state index contributed by atoms with van der Waals surface area (Å²) in [5.74, 6) is -0.262. The fourth-order valence-electron chi connectivity index (χ4n) is 1.97. The number of benzene rings is 2. The number of rotatable bonds is 4. The number of halogens is 1. The summed E-state index contributed by atoms with van der Waals surface area (Å²) in [6.07, 6.45) is 1.59. The van der Waals surface area contributed by atoms with Gasteiger partial charge in [0.25, 0.3) is 5.91 Å². The number of hydrogen-bond donors (Lipinski definition) is 1. The molecule has 6 nitrogen and oxygen atoms in total. The van der Waals surface area contributed by atoms with Crippen LogP contribution in [0.4, 0.5) is 0 Å². The first-order chi connectivity index (χ1) is 10.7. The van der Waals surface area contributed by atoms with Gasteiger partial charge in [0.15, 0.2) is 0 Å². The molecule has 0 aliphatic carbocycles. The van der Waals surface area contributed by atoms with E-state index in [1.54, 1.807) is 10.9 Å². The smallest absolute Gasteiger partial charge is 0.261 e. The highest BCUT2D eigenvalue weighted by Crippen LogP contribution is 2.10. The molecule has 1 heterocycles. The van der Waals surface area contributed by atoms with E-state index in [4.69, 9.17) is 0 Å². The fourth-order valence-corrected chi connectivity index (χ4v) is 2.39. The molecule has 0 fully saturated rings. The lowest BCUT2D eigenvalue weighted by atomic mass is 10.2. The van der Waals surface area contributed by atoms with Crippen molar-refractivity contribution in [1.29, 1.82) is 0 Å². The highest BCUT2D eigenvalue weighted by Gasteiger charge is 2.07.